The van der Waals surface area contributed by atoms with E-state index >= 15 is 0 Å². The lowest BCUT2D eigenvalue weighted by Crippen LogP contribution is -2.58. The molecule has 1 rings (SSSR count). The van der Waals surface area contributed by atoms with Crippen LogP contribution >= 0.6 is 0 Å². The molecule has 96 valence electrons. The van der Waals surface area contributed by atoms with Crippen molar-refractivity contribution in [3.63, 3.8) is 0 Å². The Morgan fingerprint density at radius 3 is 2.44 bits per heavy atom. The summed E-state index contributed by atoms with van der Waals surface area (Å²) in [6, 6.07) is 0.445. The predicted octanol–water partition coefficient (Wildman–Crippen LogP) is 3.36. The van der Waals surface area contributed by atoms with Crippen LogP contribution in [0.1, 0.15) is 60.3 Å². The van der Waals surface area contributed by atoms with E-state index in [1.165, 1.54) is 25.7 Å². The minimum Gasteiger partial charge on any atom is -0.374 e. The molecule has 2 heteroatoms. The third-order valence-electron chi connectivity index (χ3n) is 3.57. The van der Waals surface area contributed by atoms with E-state index in [1.54, 1.807) is 0 Å². The summed E-state index contributed by atoms with van der Waals surface area (Å²) in [4.78, 5) is 0. The van der Waals surface area contributed by atoms with Crippen LogP contribution in [0, 0.1) is 5.41 Å². The Bertz CT molecular complexity index is 201. The lowest BCUT2D eigenvalue weighted by Gasteiger charge is -2.47. The highest BCUT2D eigenvalue weighted by Crippen LogP contribution is 2.36. The highest BCUT2D eigenvalue weighted by Gasteiger charge is 2.42. The van der Waals surface area contributed by atoms with Gasteiger partial charge in [0.05, 0.1) is 5.60 Å². The van der Waals surface area contributed by atoms with Crippen molar-refractivity contribution in [3.05, 3.63) is 0 Å². The fraction of sp³-hybridized carbons (Fsp3) is 1.00. The molecule has 1 saturated heterocycles. The Balaban J connectivity index is 2.73. The van der Waals surface area contributed by atoms with Crippen molar-refractivity contribution in [3.8, 4) is 0 Å². The second-order valence-corrected chi connectivity index (χ2v) is 6.37. The van der Waals surface area contributed by atoms with Gasteiger partial charge in [0.15, 0.2) is 0 Å². The number of nitrogens with one attached hydrogen (secondary N) is 1. The molecule has 0 aliphatic carbocycles. The highest BCUT2D eigenvalue weighted by atomic mass is 16.5. The summed E-state index contributed by atoms with van der Waals surface area (Å²) in [5.41, 5.74) is 0.271. The van der Waals surface area contributed by atoms with Crippen molar-refractivity contribution < 1.29 is 4.74 Å². The summed E-state index contributed by atoms with van der Waals surface area (Å²) in [6.45, 7) is 13.4. The van der Waals surface area contributed by atoms with E-state index in [9.17, 15) is 0 Å². The minimum absolute atomic E-state index is 0.0195. The maximum Gasteiger partial charge on any atom is 0.0811 e. The zero-order valence-electron chi connectivity index (χ0n) is 11.7. The molecule has 0 aromatic carbocycles. The summed E-state index contributed by atoms with van der Waals surface area (Å²) in [6.07, 6.45) is 4.89. The zero-order valence-corrected chi connectivity index (χ0v) is 11.7. The Hall–Kier alpha value is -0.0800. The van der Waals surface area contributed by atoms with Gasteiger partial charge in [-0.2, -0.15) is 0 Å². The lowest BCUT2D eigenvalue weighted by atomic mass is 9.74. The smallest absolute Gasteiger partial charge is 0.0811 e. The third-order valence-corrected chi connectivity index (χ3v) is 3.57. The number of rotatable bonds is 4. The molecular formula is C14H29NO. The van der Waals surface area contributed by atoms with Crippen LogP contribution in [0.2, 0.25) is 0 Å². The maximum atomic E-state index is 6.09. The van der Waals surface area contributed by atoms with E-state index in [-0.39, 0.29) is 11.0 Å². The lowest BCUT2D eigenvalue weighted by molar-refractivity contribution is -0.110. The monoisotopic (exact) mass is 227 g/mol. The first-order chi connectivity index (χ1) is 7.40. The highest BCUT2D eigenvalue weighted by molar-refractivity contribution is 4.97. The van der Waals surface area contributed by atoms with Crippen molar-refractivity contribution in [2.45, 2.75) is 71.9 Å². The van der Waals surface area contributed by atoms with Crippen molar-refractivity contribution >= 4 is 0 Å². The largest absolute Gasteiger partial charge is 0.374 e. The topological polar surface area (TPSA) is 21.3 Å². The van der Waals surface area contributed by atoms with Gasteiger partial charge < -0.3 is 10.1 Å². The molecule has 0 bridgehead atoms. The molecule has 0 amide bonds. The summed E-state index contributed by atoms with van der Waals surface area (Å²) in [7, 11) is 0. The molecule has 16 heavy (non-hydrogen) atoms. The van der Waals surface area contributed by atoms with Crippen LogP contribution in [0.3, 0.4) is 0 Å². The van der Waals surface area contributed by atoms with Crippen LogP contribution in [-0.4, -0.2) is 24.8 Å². The number of hydrogen-bond acceptors (Lipinski definition) is 2. The van der Waals surface area contributed by atoms with Crippen LogP contribution in [-0.2, 0) is 4.74 Å². The second-order valence-electron chi connectivity index (χ2n) is 6.37. The van der Waals surface area contributed by atoms with Gasteiger partial charge in [-0.05, 0) is 44.6 Å². The van der Waals surface area contributed by atoms with Gasteiger partial charge in [-0.15, -0.1) is 0 Å². The molecule has 1 heterocycles. The third kappa shape index (κ3) is 3.46. The Morgan fingerprint density at radius 2 is 2.00 bits per heavy atom. The fourth-order valence-electron chi connectivity index (χ4n) is 2.91. The van der Waals surface area contributed by atoms with E-state index < -0.39 is 0 Å². The molecule has 1 aliphatic rings. The van der Waals surface area contributed by atoms with Gasteiger partial charge in [0.25, 0.3) is 0 Å². The molecule has 0 spiro atoms. The van der Waals surface area contributed by atoms with Crippen molar-refractivity contribution in [1.82, 2.24) is 5.32 Å². The normalized spacial score (nSPS) is 29.1. The number of hydrogen-bond donors (Lipinski definition) is 1. The predicted molar refractivity (Wildman–Crippen MR) is 69.7 cm³/mol. The fourth-order valence-corrected chi connectivity index (χ4v) is 2.91. The van der Waals surface area contributed by atoms with Gasteiger partial charge in [-0.1, -0.05) is 27.7 Å². The Morgan fingerprint density at radius 1 is 1.31 bits per heavy atom. The molecule has 1 aliphatic heterocycles. The standard InChI is InChI=1S/C14H29NO/c1-6-10-15-12(13(2,3)4)14(5)9-7-8-11-16-14/h12,15H,6-11H2,1-5H3. The van der Waals surface area contributed by atoms with Gasteiger partial charge in [0, 0.05) is 12.6 Å². The van der Waals surface area contributed by atoms with Crippen LogP contribution in [0.25, 0.3) is 0 Å². The van der Waals surface area contributed by atoms with Crippen molar-refractivity contribution in [2.24, 2.45) is 5.41 Å². The van der Waals surface area contributed by atoms with Crippen molar-refractivity contribution in [1.29, 1.82) is 0 Å². The molecule has 0 saturated carbocycles. The quantitative estimate of drug-likeness (QED) is 0.795. The van der Waals surface area contributed by atoms with Gasteiger partial charge in [-0.3, -0.25) is 0 Å². The molecular weight excluding hydrogens is 198 g/mol. The first-order valence-electron chi connectivity index (χ1n) is 6.77. The van der Waals surface area contributed by atoms with Gasteiger partial charge in [0.2, 0.25) is 0 Å². The summed E-state index contributed by atoms with van der Waals surface area (Å²) >= 11 is 0. The van der Waals surface area contributed by atoms with Gasteiger partial charge in [-0.25, -0.2) is 0 Å². The van der Waals surface area contributed by atoms with Crippen LogP contribution in [0.5, 0.6) is 0 Å². The van der Waals surface area contributed by atoms with Crippen LogP contribution < -0.4 is 5.32 Å². The van der Waals surface area contributed by atoms with Gasteiger partial charge in [0.1, 0.15) is 0 Å². The van der Waals surface area contributed by atoms with Crippen molar-refractivity contribution in [2.75, 3.05) is 13.2 Å². The Labute approximate surface area is 101 Å². The molecule has 0 aromatic rings. The number of ether oxygens (including phenoxy) is 1. The zero-order chi connectivity index (χ0) is 12.2. The van der Waals surface area contributed by atoms with Crippen LogP contribution in [0.15, 0.2) is 0 Å². The van der Waals surface area contributed by atoms with E-state index in [2.05, 4.69) is 39.9 Å². The van der Waals surface area contributed by atoms with E-state index in [0.29, 0.717) is 6.04 Å². The second kappa shape index (κ2) is 5.50. The van der Waals surface area contributed by atoms with E-state index in [4.69, 9.17) is 4.74 Å². The molecule has 2 nitrogen and oxygen atoms in total. The minimum atomic E-state index is 0.0195. The van der Waals surface area contributed by atoms with Crippen LogP contribution in [0.4, 0.5) is 0 Å². The average molecular weight is 227 g/mol. The van der Waals surface area contributed by atoms with E-state index in [0.717, 1.165) is 13.2 Å². The maximum absolute atomic E-state index is 6.09. The average Bonchev–Trinajstić information content (AvgIpc) is 2.17. The summed E-state index contributed by atoms with van der Waals surface area (Å²) in [5.74, 6) is 0. The first-order valence-corrected chi connectivity index (χ1v) is 6.77. The first kappa shape index (κ1) is 14.0. The Kier molecular flexibility index (Phi) is 4.81. The summed E-state index contributed by atoms with van der Waals surface area (Å²) < 4.78 is 6.09. The molecule has 2 atom stereocenters. The molecule has 1 fully saturated rings. The molecule has 1 N–H and O–H groups in total. The van der Waals surface area contributed by atoms with E-state index in [1.807, 2.05) is 0 Å². The summed E-state index contributed by atoms with van der Waals surface area (Å²) in [5, 5.41) is 3.69. The SMILES string of the molecule is CCCNC(C(C)(C)C)C1(C)CCCCO1. The molecule has 0 radical (unpaired) electrons. The molecule has 2 unspecified atom stereocenters. The molecule has 0 aromatic heterocycles. The van der Waals surface area contributed by atoms with Gasteiger partial charge >= 0.3 is 0 Å².